The highest BCUT2D eigenvalue weighted by atomic mass is 35.5. The molecule has 18 heavy (non-hydrogen) atoms. The first-order chi connectivity index (χ1) is 8.70. The van der Waals surface area contributed by atoms with Gasteiger partial charge >= 0.3 is 0 Å². The molecule has 0 radical (unpaired) electrons. The van der Waals surface area contributed by atoms with Crippen LogP contribution in [-0.2, 0) is 6.54 Å². The van der Waals surface area contributed by atoms with E-state index < -0.39 is 0 Å². The summed E-state index contributed by atoms with van der Waals surface area (Å²) >= 11 is 5.88. The van der Waals surface area contributed by atoms with Crippen molar-refractivity contribution < 1.29 is 9.84 Å². The third-order valence-electron chi connectivity index (χ3n) is 2.36. The molecule has 0 atom stereocenters. The number of rotatable bonds is 4. The molecule has 5 nitrogen and oxygen atoms in total. The van der Waals surface area contributed by atoms with Crippen molar-refractivity contribution in [2.75, 3.05) is 12.4 Å². The van der Waals surface area contributed by atoms with E-state index in [1.165, 1.54) is 13.4 Å². The molecule has 2 aromatic rings. The number of anilines is 1. The largest absolute Gasteiger partial charge is 0.508 e. The van der Waals surface area contributed by atoms with Gasteiger partial charge in [0.1, 0.15) is 12.1 Å². The van der Waals surface area contributed by atoms with Crippen LogP contribution in [0.15, 0.2) is 30.6 Å². The fourth-order valence-electron chi connectivity index (χ4n) is 1.46. The quantitative estimate of drug-likeness (QED) is 0.831. The Hall–Kier alpha value is -2.01. The first kappa shape index (κ1) is 12.4. The number of phenols is 1. The summed E-state index contributed by atoms with van der Waals surface area (Å²) in [5.41, 5.74) is 1.00. The van der Waals surface area contributed by atoms with E-state index in [9.17, 15) is 5.11 Å². The van der Waals surface area contributed by atoms with Crippen molar-refractivity contribution in [2.24, 2.45) is 0 Å². The van der Waals surface area contributed by atoms with Gasteiger partial charge in [-0.25, -0.2) is 9.97 Å². The van der Waals surface area contributed by atoms with E-state index in [2.05, 4.69) is 15.3 Å². The molecule has 1 heterocycles. The molecule has 0 bridgehead atoms. The zero-order chi connectivity index (χ0) is 13.0. The molecule has 0 fully saturated rings. The zero-order valence-corrected chi connectivity index (χ0v) is 10.5. The lowest BCUT2D eigenvalue weighted by molar-refractivity contribution is 0.413. The number of benzene rings is 1. The van der Waals surface area contributed by atoms with Crippen LogP contribution in [0.5, 0.6) is 11.5 Å². The summed E-state index contributed by atoms with van der Waals surface area (Å²) < 4.78 is 5.12. The molecule has 0 aliphatic heterocycles. The van der Waals surface area contributed by atoms with Crippen LogP contribution in [0, 0.1) is 0 Å². The second-order valence-corrected chi connectivity index (χ2v) is 3.92. The lowest BCUT2D eigenvalue weighted by atomic mass is 10.2. The van der Waals surface area contributed by atoms with Crippen molar-refractivity contribution in [1.29, 1.82) is 0 Å². The third kappa shape index (κ3) is 2.81. The minimum atomic E-state index is 0.237. The smallest absolute Gasteiger partial charge is 0.198 e. The van der Waals surface area contributed by atoms with Gasteiger partial charge in [0, 0.05) is 6.54 Å². The molecule has 0 spiro atoms. The minimum absolute atomic E-state index is 0.237. The van der Waals surface area contributed by atoms with Gasteiger partial charge in [-0.1, -0.05) is 23.7 Å². The molecule has 2 rings (SSSR count). The number of hydrogen-bond acceptors (Lipinski definition) is 5. The van der Waals surface area contributed by atoms with Gasteiger partial charge in [0.2, 0.25) is 0 Å². The average Bonchev–Trinajstić information content (AvgIpc) is 2.38. The molecule has 94 valence electrons. The monoisotopic (exact) mass is 265 g/mol. The fourth-order valence-corrected chi connectivity index (χ4v) is 1.67. The van der Waals surface area contributed by atoms with Gasteiger partial charge in [-0.3, -0.25) is 0 Å². The van der Waals surface area contributed by atoms with E-state index >= 15 is 0 Å². The lowest BCUT2D eigenvalue weighted by Gasteiger charge is -2.10. The molecule has 0 aliphatic rings. The Bertz CT molecular complexity index is 531. The van der Waals surface area contributed by atoms with Gasteiger partial charge < -0.3 is 15.2 Å². The second kappa shape index (κ2) is 5.55. The van der Waals surface area contributed by atoms with Crippen molar-refractivity contribution in [3.8, 4) is 11.5 Å². The zero-order valence-electron chi connectivity index (χ0n) is 9.72. The van der Waals surface area contributed by atoms with Crippen molar-refractivity contribution in [1.82, 2.24) is 9.97 Å². The molecule has 0 amide bonds. The summed E-state index contributed by atoms with van der Waals surface area (Å²) in [5, 5.41) is 12.5. The standard InChI is InChI=1S/C12H12ClN3O2/c1-18-10-11(13)15-7-16-12(10)14-6-8-2-4-9(17)5-3-8/h2-5,7,17H,6H2,1H3,(H,14,15,16). The van der Waals surface area contributed by atoms with Gasteiger partial charge in [0.25, 0.3) is 0 Å². The van der Waals surface area contributed by atoms with Crippen LogP contribution in [0.4, 0.5) is 5.82 Å². The number of aromatic hydroxyl groups is 1. The predicted molar refractivity (Wildman–Crippen MR) is 69.0 cm³/mol. The molecule has 0 unspecified atom stereocenters. The van der Waals surface area contributed by atoms with Crippen molar-refractivity contribution >= 4 is 17.4 Å². The van der Waals surface area contributed by atoms with Crippen molar-refractivity contribution in [3.05, 3.63) is 41.3 Å². The summed E-state index contributed by atoms with van der Waals surface area (Å²) in [7, 11) is 1.51. The molecule has 2 N–H and O–H groups in total. The van der Waals surface area contributed by atoms with E-state index in [1.807, 2.05) is 12.1 Å². The summed E-state index contributed by atoms with van der Waals surface area (Å²) in [5.74, 6) is 1.19. The number of methoxy groups -OCH3 is 1. The first-order valence-corrected chi connectivity index (χ1v) is 5.65. The molecule has 1 aromatic carbocycles. The van der Waals surface area contributed by atoms with Crippen molar-refractivity contribution in [3.63, 3.8) is 0 Å². The molecule has 1 aromatic heterocycles. The highest BCUT2D eigenvalue weighted by molar-refractivity contribution is 6.31. The summed E-state index contributed by atoms with van der Waals surface area (Å²) in [4.78, 5) is 7.90. The first-order valence-electron chi connectivity index (χ1n) is 5.27. The second-order valence-electron chi connectivity index (χ2n) is 3.57. The Kier molecular flexibility index (Phi) is 3.84. The minimum Gasteiger partial charge on any atom is -0.508 e. The third-order valence-corrected chi connectivity index (χ3v) is 2.63. The SMILES string of the molecule is COc1c(Cl)ncnc1NCc1ccc(O)cc1. The number of ether oxygens (including phenoxy) is 1. The maximum Gasteiger partial charge on any atom is 0.198 e. The van der Waals surface area contributed by atoms with E-state index in [4.69, 9.17) is 16.3 Å². The summed E-state index contributed by atoms with van der Waals surface area (Å²) in [6.45, 7) is 0.546. The van der Waals surface area contributed by atoms with Crippen LogP contribution in [0.25, 0.3) is 0 Å². The summed E-state index contributed by atoms with van der Waals surface area (Å²) in [6, 6.07) is 6.89. The Balaban J connectivity index is 2.10. The molecular formula is C12H12ClN3O2. The molecule has 0 saturated carbocycles. The van der Waals surface area contributed by atoms with Crippen LogP contribution >= 0.6 is 11.6 Å². The number of aromatic nitrogens is 2. The molecule has 0 aliphatic carbocycles. The Morgan fingerprint density at radius 3 is 2.67 bits per heavy atom. The highest BCUT2D eigenvalue weighted by Crippen LogP contribution is 2.28. The number of phenolic OH excluding ortho intramolecular Hbond substituents is 1. The number of halogens is 1. The normalized spacial score (nSPS) is 10.1. The molecular weight excluding hydrogens is 254 g/mol. The topological polar surface area (TPSA) is 67.3 Å². The van der Waals surface area contributed by atoms with Crippen molar-refractivity contribution in [2.45, 2.75) is 6.54 Å². The number of nitrogens with one attached hydrogen (secondary N) is 1. The maximum absolute atomic E-state index is 9.18. The number of hydrogen-bond donors (Lipinski definition) is 2. The highest BCUT2D eigenvalue weighted by Gasteiger charge is 2.09. The van der Waals surface area contributed by atoms with Gasteiger partial charge in [0.15, 0.2) is 16.7 Å². The average molecular weight is 266 g/mol. The van der Waals surface area contributed by atoms with Crippen LogP contribution in [0.1, 0.15) is 5.56 Å². The van der Waals surface area contributed by atoms with E-state index in [-0.39, 0.29) is 10.9 Å². The van der Waals surface area contributed by atoms with Crippen LogP contribution < -0.4 is 10.1 Å². The van der Waals surface area contributed by atoms with Crippen LogP contribution in [0.3, 0.4) is 0 Å². The van der Waals surface area contributed by atoms with Crippen LogP contribution in [0.2, 0.25) is 5.15 Å². The van der Waals surface area contributed by atoms with Gasteiger partial charge in [0.05, 0.1) is 7.11 Å². The van der Waals surface area contributed by atoms with E-state index in [1.54, 1.807) is 12.1 Å². The van der Waals surface area contributed by atoms with E-state index in [0.29, 0.717) is 18.1 Å². The lowest BCUT2D eigenvalue weighted by Crippen LogP contribution is -2.04. The molecule has 6 heteroatoms. The maximum atomic E-state index is 9.18. The molecule has 0 saturated heterocycles. The fraction of sp³-hybridized carbons (Fsp3) is 0.167. The Morgan fingerprint density at radius 2 is 2.00 bits per heavy atom. The van der Waals surface area contributed by atoms with Gasteiger partial charge in [-0.15, -0.1) is 0 Å². The Morgan fingerprint density at radius 1 is 1.28 bits per heavy atom. The van der Waals surface area contributed by atoms with E-state index in [0.717, 1.165) is 5.56 Å². The summed E-state index contributed by atoms with van der Waals surface area (Å²) in [6.07, 6.45) is 1.37. The predicted octanol–water partition coefficient (Wildman–Crippen LogP) is 2.46. The van der Waals surface area contributed by atoms with Crippen LogP contribution in [-0.4, -0.2) is 22.2 Å². The number of nitrogens with zero attached hydrogens (tertiary/aromatic N) is 2. The van der Waals surface area contributed by atoms with Gasteiger partial charge in [-0.2, -0.15) is 0 Å². The Labute approximate surface area is 109 Å². The van der Waals surface area contributed by atoms with Gasteiger partial charge in [-0.05, 0) is 17.7 Å².